The van der Waals surface area contributed by atoms with Crippen molar-refractivity contribution in [3.63, 3.8) is 0 Å². The van der Waals surface area contributed by atoms with E-state index in [2.05, 4.69) is 20.3 Å². The van der Waals surface area contributed by atoms with Gasteiger partial charge < -0.3 is 20.1 Å². The number of methoxy groups -OCH3 is 1. The Morgan fingerprint density at radius 3 is 2.53 bits per heavy atom. The molecular formula is C21H30N4O4S. The zero-order chi connectivity index (χ0) is 21.7. The van der Waals surface area contributed by atoms with Crippen LogP contribution in [0.4, 0.5) is 0 Å². The van der Waals surface area contributed by atoms with Gasteiger partial charge in [-0.3, -0.25) is 0 Å². The van der Waals surface area contributed by atoms with Crippen LogP contribution in [-0.4, -0.2) is 54.3 Å². The van der Waals surface area contributed by atoms with Gasteiger partial charge in [-0.15, -0.1) is 0 Å². The molecule has 0 aromatic heterocycles. The number of para-hydroxylation sites is 1. The van der Waals surface area contributed by atoms with Crippen LogP contribution >= 0.6 is 0 Å². The summed E-state index contributed by atoms with van der Waals surface area (Å²) in [5.74, 6) is 1.46. The molecule has 0 aliphatic heterocycles. The fourth-order valence-corrected chi connectivity index (χ4v) is 3.62. The minimum absolute atomic E-state index is 0.209. The zero-order valence-corrected chi connectivity index (χ0v) is 18.2. The lowest BCUT2D eigenvalue weighted by molar-refractivity contribution is 0.204. The van der Waals surface area contributed by atoms with Crippen molar-refractivity contribution >= 4 is 16.0 Å². The highest BCUT2D eigenvalue weighted by Crippen LogP contribution is 2.12. The normalized spacial score (nSPS) is 11.9. The van der Waals surface area contributed by atoms with E-state index < -0.39 is 10.0 Å². The lowest BCUT2D eigenvalue weighted by Gasteiger charge is -2.12. The lowest BCUT2D eigenvalue weighted by atomic mass is 10.2. The van der Waals surface area contributed by atoms with Crippen molar-refractivity contribution in [2.45, 2.75) is 18.4 Å². The fourth-order valence-electron chi connectivity index (χ4n) is 2.54. The van der Waals surface area contributed by atoms with Crippen molar-refractivity contribution in [3.05, 3.63) is 60.2 Å². The third-order valence-corrected chi connectivity index (χ3v) is 5.44. The highest BCUT2D eigenvalue weighted by atomic mass is 32.2. The van der Waals surface area contributed by atoms with Gasteiger partial charge in [0.25, 0.3) is 0 Å². The van der Waals surface area contributed by atoms with Crippen molar-refractivity contribution < 1.29 is 17.9 Å². The van der Waals surface area contributed by atoms with Gasteiger partial charge in [-0.1, -0.05) is 30.3 Å². The van der Waals surface area contributed by atoms with Crippen LogP contribution in [0.3, 0.4) is 0 Å². The Bertz CT molecular complexity index is 889. The number of hydrogen-bond donors (Lipinski definition) is 3. The van der Waals surface area contributed by atoms with Gasteiger partial charge in [0.15, 0.2) is 5.96 Å². The van der Waals surface area contributed by atoms with E-state index in [9.17, 15) is 8.42 Å². The third-order valence-electron chi connectivity index (χ3n) is 3.98. The van der Waals surface area contributed by atoms with Gasteiger partial charge in [-0.2, -0.15) is 0 Å². The summed E-state index contributed by atoms with van der Waals surface area (Å²) < 4.78 is 37.8. The quantitative estimate of drug-likeness (QED) is 0.267. The van der Waals surface area contributed by atoms with E-state index in [1.807, 2.05) is 43.3 Å². The van der Waals surface area contributed by atoms with Crippen molar-refractivity contribution in [2.75, 3.05) is 40.0 Å². The summed E-state index contributed by atoms with van der Waals surface area (Å²) in [6, 6.07) is 16.4. The van der Waals surface area contributed by atoms with Crippen LogP contribution in [0.15, 0.2) is 64.5 Å². The van der Waals surface area contributed by atoms with E-state index in [4.69, 9.17) is 9.47 Å². The van der Waals surface area contributed by atoms with Crippen LogP contribution in [-0.2, 0) is 21.3 Å². The van der Waals surface area contributed by atoms with Crippen molar-refractivity contribution in [3.8, 4) is 5.75 Å². The standard InChI is InChI=1S/C21H30N4O4S/c1-3-22-21(23-12-15-29-19-9-5-4-6-10-19)24-17-18-8-7-11-20(16-18)30(26,27)25-13-14-28-2/h4-11,16,25H,3,12-15,17H2,1-2H3,(H2,22,23,24). The molecule has 30 heavy (non-hydrogen) atoms. The summed E-state index contributed by atoms with van der Waals surface area (Å²) in [6.07, 6.45) is 0. The Hall–Kier alpha value is -2.62. The van der Waals surface area contributed by atoms with Gasteiger partial charge in [-0.25, -0.2) is 18.1 Å². The van der Waals surface area contributed by atoms with E-state index in [0.717, 1.165) is 11.3 Å². The zero-order valence-electron chi connectivity index (χ0n) is 17.4. The summed E-state index contributed by atoms with van der Waals surface area (Å²) in [4.78, 5) is 4.74. The first-order valence-corrected chi connectivity index (χ1v) is 11.3. The molecule has 3 N–H and O–H groups in total. The van der Waals surface area contributed by atoms with Gasteiger partial charge in [0, 0.05) is 20.2 Å². The summed E-state index contributed by atoms with van der Waals surface area (Å²) in [5.41, 5.74) is 0.794. The largest absolute Gasteiger partial charge is 0.492 e. The second-order valence-corrected chi connectivity index (χ2v) is 8.09. The van der Waals surface area contributed by atoms with Crippen LogP contribution in [0.25, 0.3) is 0 Å². The summed E-state index contributed by atoms with van der Waals surface area (Å²) in [7, 11) is -2.05. The molecule has 0 spiro atoms. The molecule has 0 fully saturated rings. The first-order chi connectivity index (χ1) is 14.5. The first kappa shape index (κ1) is 23.7. The average molecular weight is 435 g/mol. The molecule has 2 aromatic carbocycles. The van der Waals surface area contributed by atoms with Gasteiger partial charge in [-0.05, 0) is 36.8 Å². The van der Waals surface area contributed by atoms with Crippen LogP contribution in [0, 0.1) is 0 Å². The molecule has 0 bridgehead atoms. The SMILES string of the molecule is CCNC(=NCc1cccc(S(=O)(=O)NCCOC)c1)NCCOc1ccccc1. The highest BCUT2D eigenvalue weighted by Gasteiger charge is 2.13. The fraction of sp³-hybridized carbons (Fsp3) is 0.381. The molecule has 2 rings (SSSR count). The number of sulfonamides is 1. The molecule has 0 saturated heterocycles. The smallest absolute Gasteiger partial charge is 0.240 e. The molecule has 0 aliphatic carbocycles. The topological polar surface area (TPSA) is 101 Å². The lowest BCUT2D eigenvalue weighted by Crippen LogP contribution is -2.39. The molecule has 0 amide bonds. The van der Waals surface area contributed by atoms with Crippen molar-refractivity contribution in [1.82, 2.24) is 15.4 Å². The third kappa shape index (κ3) is 8.40. The predicted octanol–water partition coefficient (Wildman–Crippen LogP) is 1.75. The maximum atomic E-state index is 12.4. The van der Waals surface area contributed by atoms with E-state index in [1.165, 1.54) is 7.11 Å². The van der Waals surface area contributed by atoms with Crippen LogP contribution in [0.1, 0.15) is 12.5 Å². The van der Waals surface area contributed by atoms with Crippen molar-refractivity contribution in [1.29, 1.82) is 0 Å². The van der Waals surface area contributed by atoms with Crippen molar-refractivity contribution in [2.24, 2.45) is 4.99 Å². The minimum atomic E-state index is -3.57. The van der Waals surface area contributed by atoms with Gasteiger partial charge >= 0.3 is 0 Å². The van der Waals surface area contributed by atoms with E-state index in [1.54, 1.807) is 18.2 Å². The number of benzene rings is 2. The molecule has 9 heteroatoms. The molecular weight excluding hydrogens is 404 g/mol. The maximum absolute atomic E-state index is 12.4. The summed E-state index contributed by atoms with van der Waals surface area (Å²) in [5, 5.41) is 6.38. The Kier molecular flexibility index (Phi) is 10.1. The van der Waals surface area contributed by atoms with Gasteiger partial charge in [0.2, 0.25) is 10.0 Å². The molecule has 0 saturated carbocycles. The number of nitrogens with zero attached hydrogens (tertiary/aromatic N) is 1. The highest BCUT2D eigenvalue weighted by molar-refractivity contribution is 7.89. The second-order valence-electron chi connectivity index (χ2n) is 6.32. The minimum Gasteiger partial charge on any atom is -0.492 e. The summed E-state index contributed by atoms with van der Waals surface area (Å²) in [6.45, 7) is 4.65. The van der Waals surface area contributed by atoms with Gasteiger partial charge in [0.05, 0.1) is 24.6 Å². The molecule has 8 nitrogen and oxygen atoms in total. The average Bonchev–Trinajstić information content (AvgIpc) is 2.76. The Morgan fingerprint density at radius 2 is 1.80 bits per heavy atom. The number of hydrogen-bond acceptors (Lipinski definition) is 5. The molecule has 0 aliphatic rings. The number of nitrogens with one attached hydrogen (secondary N) is 3. The molecule has 0 atom stereocenters. The van der Waals surface area contributed by atoms with Gasteiger partial charge in [0.1, 0.15) is 12.4 Å². The molecule has 0 radical (unpaired) electrons. The van der Waals surface area contributed by atoms with Crippen LogP contribution in [0.5, 0.6) is 5.75 Å². The molecule has 164 valence electrons. The maximum Gasteiger partial charge on any atom is 0.240 e. The monoisotopic (exact) mass is 434 g/mol. The predicted molar refractivity (Wildman–Crippen MR) is 118 cm³/mol. The van der Waals surface area contributed by atoms with E-state index >= 15 is 0 Å². The molecule has 0 heterocycles. The number of rotatable bonds is 12. The number of guanidine groups is 1. The Morgan fingerprint density at radius 1 is 1.00 bits per heavy atom. The second kappa shape index (κ2) is 12.8. The van der Waals surface area contributed by atoms with E-state index in [-0.39, 0.29) is 11.4 Å². The summed E-state index contributed by atoms with van der Waals surface area (Å²) >= 11 is 0. The number of aliphatic imine (C=N–C) groups is 1. The van der Waals surface area contributed by atoms with Crippen LogP contribution in [0.2, 0.25) is 0 Å². The Labute approximate surface area is 178 Å². The first-order valence-electron chi connectivity index (χ1n) is 9.82. The molecule has 0 unspecified atom stereocenters. The van der Waals surface area contributed by atoms with E-state index in [0.29, 0.717) is 38.8 Å². The Balaban J connectivity index is 1.91. The molecule has 2 aromatic rings. The number of ether oxygens (including phenoxy) is 2. The van der Waals surface area contributed by atoms with Crippen LogP contribution < -0.4 is 20.1 Å².